The quantitative estimate of drug-likeness (QED) is 0.645. The molecule has 0 spiro atoms. The van der Waals surface area contributed by atoms with Gasteiger partial charge in [-0.05, 0) is 38.5 Å². The molecule has 0 radical (unpaired) electrons. The van der Waals surface area contributed by atoms with Crippen LogP contribution < -0.4 is 5.73 Å². The van der Waals surface area contributed by atoms with Crippen molar-refractivity contribution in [2.45, 2.75) is 38.3 Å². The summed E-state index contributed by atoms with van der Waals surface area (Å²) in [6, 6.07) is 6.93. The van der Waals surface area contributed by atoms with Gasteiger partial charge in [0.05, 0.1) is 0 Å². The fourth-order valence-electron chi connectivity index (χ4n) is 1.53. The lowest BCUT2D eigenvalue weighted by Crippen LogP contribution is -2.58. The molecule has 0 aromatic heterocycles. The largest absolute Gasteiger partial charge is 0.479 e. The zero-order chi connectivity index (χ0) is 15.6. The molecule has 6 heteroatoms. The fourth-order valence-corrected chi connectivity index (χ4v) is 1.79. The number of carbonyl (C=O) groups is 2. The van der Waals surface area contributed by atoms with E-state index in [4.69, 9.17) is 10.5 Å². The summed E-state index contributed by atoms with van der Waals surface area (Å²) in [4.78, 5) is 23.4. The predicted molar refractivity (Wildman–Crippen MR) is 78.2 cm³/mol. The smallest absolute Gasteiger partial charge is 0.338 e. The van der Waals surface area contributed by atoms with Crippen LogP contribution in [0.15, 0.2) is 28.7 Å². The van der Waals surface area contributed by atoms with Gasteiger partial charge in [-0.15, -0.1) is 0 Å². The number of carbonyl (C=O) groups excluding carboxylic acids is 1. The summed E-state index contributed by atoms with van der Waals surface area (Å²) < 4.78 is 5.96. The molecule has 0 saturated heterocycles. The minimum absolute atomic E-state index is 0.134. The van der Waals surface area contributed by atoms with Crippen molar-refractivity contribution in [2.24, 2.45) is 5.73 Å². The maximum atomic E-state index is 12.1. The fraction of sp³-hybridized carbons (Fsp3) is 0.429. The Morgan fingerprint density at radius 1 is 1.25 bits per heavy atom. The molecule has 1 aromatic carbocycles. The van der Waals surface area contributed by atoms with Gasteiger partial charge in [-0.3, -0.25) is 0 Å². The first-order chi connectivity index (χ1) is 9.04. The third-order valence-electron chi connectivity index (χ3n) is 2.54. The van der Waals surface area contributed by atoms with Crippen molar-refractivity contribution >= 4 is 27.9 Å². The number of esters is 1. The number of halogens is 1. The Balaban J connectivity index is 3.00. The summed E-state index contributed by atoms with van der Waals surface area (Å²) in [6.45, 7) is 4.98. The molecular formula is C14H18BrNO4. The molecule has 1 atom stereocenters. The van der Waals surface area contributed by atoms with E-state index in [2.05, 4.69) is 15.9 Å². The molecule has 0 bridgehead atoms. The van der Waals surface area contributed by atoms with E-state index in [0.717, 1.165) is 4.47 Å². The first-order valence-electron chi connectivity index (χ1n) is 6.05. The first kappa shape index (κ1) is 16.7. The van der Waals surface area contributed by atoms with Crippen molar-refractivity contribution in [1.82, 2.24) is 0 Å². The second-order valence-corrected chi connectivity index (χ2v) is 6.50. The van der Waals surface area contributed by atoms with Crippen molar-refractivity contribution in [1.29, 1.82) is 0 Å². The molecule has 110 valence electrons. The Morgan fingerprint density at radius 3 is 2.15 bits per heavy atom. The van der Waals surface area contributed by atoms with Crippen LogP contribution in [0, 0.1) is 0 Å². The zero-order valence-electron chi connectivity index (χ0n) is 11.6. The van der Waals surface area contributed by atoms with E-state index in [1.54, 1.807) is 45.0 Å². The molecule has 1 rings (SSSR count). The normalized spacial score (nSPS) is 14.4. The number of ether oxygens (including phenoxy) is 1. The van der Waals surface area contributed by atoms with Crippen LogP contribution in [0.25, 0.3) is 0 Å². The first-order valence-corrected chi connectivity index (χ1v) is 6.84. The molecule has 0 heterocycles. The number of carboxylic acid groups (broad SMARTS) is 1. The number of aliphatic carboxylic acids is 1. The maximum Gasteiger partial charge on any atom is 0.338 e. The number of nitrogens with two attached hydrogens (primary N) is 1. The van der Waals surface area contributed by atoms with Crippen LogP contribution in [0.4, 0.5) is 0 Å². The van der Waals surface area contributed by atoms with E-state index >= 15 is 0 Å². The van der Waals surface area contributed by atoms with E-state index in [1.165, 1.54) is 0 Å². The lowest BCUT2D eigenvalue weighted by Gasteiger charge is -2.28. The standard InChI is InChI=1S/C14H18BrNO4/c1-13(2,3)20-12(19)14(16,11(17)18)8-9-4-6-10(15)7-5-9/h4-7H,8,16H2,1-3H3,(H,17,18)/t14-/m0/s1. The number of hydrogen-bond donors (Lipinski definition) is 2. The van der Waals surface area contributed by atoms with Gasteiger partial charge in [0.25, 0.3) is 0 Å². The third kappa shape index (κ3) is 4.31. The minimum Gasteiger partial charge on any atom is -0.479 e. The predicted octanol–water partition coefficient (Wildman–Crippen LogP) is 2.12. The Kier molecular flexibility index (Phi) is 4.94. The number of carboxylic acids is 1. The van der Waals surface area contributed by atoms with Crippen LogP contribution in [-0.4, -0.2) is 28.2 Å². The zero-order valence-corrected chi connectivity index (χ0v) is 13.2. The van der Waals surface area contributed by atoms with Gasteiger partial charge < -0.3 is 15.6 Å². The topological polar surface area (TPSA) is 89.6 Å². The van der Waals surface area contributed by atoms with Crippen molar-refractivity contribution < 1.29 is 19.4 Å². The van der Waals surface area contributed by atoms with Gasteiger partial charge in [0.2, 0.25) is 5.54 Å². The molecule has 1 aromatic rings. The van der Waals surface area contributed by atoms with Gasteiger partial charge in [0, 0.05) is 10.9 Å². The summed E-state index contributed by atoms with van der Waals surface area (Å²) >= 11 is 3.28. The molecule has 0 saturated carbocycles. The van der Waals surface area contributed by atoms with E-state index in [1.807, 2.05) is 0 Å². The number of hydrogen-bond acceptors (Lipinski definition) is 4. The van der Waals surface area contributed by atoms with E-state index < -0.39 is 23.1 Å². The Morgan fingerprint density at radius 2 is 1.75 bits per heavy atom. The average molecular weight is 344 g/mol. The van der Waals surface area contributed by atoms with E-state index in [0.29, 0.717) is 5.56 Å². The molecule has 0 unspecified atom stereocenters. The van der Waals surface area contributed by atoms with Gasteiger partial charge >= 0.3 is 11.9 Å². The second kappa shape index (κ2) is 5.93. The lowest BCUT2D eigenvalue weighted by molar-refractivity contribution is -0.169. The van der Waals surface area contributed by atoms with Crippen LogP contribution in [0.5, 0.6) is 0 Å². The monoisotopic (exact) mass is 343 g/mol. The summed E-state index contributed by atoms with van der Waals surface area (Å²) in [5.74, 6) is -2.35. The highest BCUT2D eigenvalue weighted by Gasteiger charge is 2.45. The summed E-state index contributed by atoms with van der Waals surface area (Å²) in [5, 5.41) is 9.28. The number of benzene rings is 1. The molecule has 0 amide bonds. The van der Waals surface area contributed by atoms with Crippen LogP contribution in [0.1, 0.15) is 26.3 Å². The molecule has 3 N–H and O–H groups in total. The van der Waals surface area contributed by atoms with Gasteiger partial charge in [-0.25, -0.2) is 9.59 Å². The molecular weight excluding hydrogens is 326 g/mol. The third-order valence-corrected chi connectivity index (χ3v) is 3.07. The van der Waals surface area contributed by atoms with Crippen LogP contribution in [0.2, 0.25) is 0 Å². The highest BCUT2D eigenvalue weighted by molar-refractivity contribution is 9.10. The second-order valence-electron chi connectivity index (χ2n) is 5.58. The molecule has 0 aliphatic rings. The molecule has 0 aliphatic heterocycles. The Hall–Kier alpha value is -1.40. The SMILES string of the molecule is CC(C)(C)OC(=O)[C@](N)(Cc1ccc(Br)cc1)C(=O)O. The number of rotatable bonds is 4. The van der Waals surface area contributed by atoms with Crippen molar-refractivity contribution in [2.75, 3.05) is 0 Å². The van der Waals surface area contributed by atoms with Gasteiger partial charge in [0.15, 0.2) is 0 Å². The summed E-state index contributed by atoms with van der Waals surface area (Å²) in [7, 11) is 0. The van der Waals surface area contributed by atoms with E-state index in [9.17, 15) is 14.7 Å². The Labute approximate surface area is 126 Å². The van der Waals surface area contributed by atoms with Gasteiger partial charge in [-0.1, -0.05) is 28.1 Å². The lowest BCUT2D eigenvalue weighted by atomic mass is 9.91. The van der Waals surface area contributed by atoms with Crippen molar-refractivity contribution in [3.63, 3.8) is 0 Å². The van der Waals surface area contributed by atoms with Crippen molar-refractivity contribution in [3.8, 4) is 0 Å². The van der Waals surface area contributed by atoms with Crippen LogP contribution >= 0.6 is 15.9 Å². The summed E-state index contributed by atoms with van der Waals surface area (Å²) in [5.41, 5.74) is 3.53. The molecule has 0 fully saturated rings. The van der Waals surface area contributed by atoms with Crippen LogP contribution in [-0.2, 0) is 20.7 Å². The van der Waals surface area contributed by atoms with E-state index in [-0.39, 0.29) is 6.42 Å². The maximum absolute atomic E-state index is 12.1. The Bertz CT molecular complexity index is 507. The highest BCUT2D eigenvalue weighted by Crippen LogP contribution is 2.19. The average Bonchev–Trinajstić information content (AvgIpc) is 2.29. The molecule has 20 heavy (non-hydrogen) atoms. The van der Waals surface area contributed by atoms with Crippen LogP contribution in [0.3, 0.4) is 0 Å². The molecule has 0 aliphatic carbocycles. The van der Waals surface area contributed by atoms with Gasteiger partial charge in [-0.2, -0.15) is 0 Å². The summed E-state index contributed by atoms with van der Waals surface area (Å²) in [6.07, 6.45) is -0.134. The molecule has 5 nitrogen and oxygen atoms in total. The van der Waals surface area contributed by atoms with Crippen molar-refractivity contribution in [3.05, 3.63) is 34.3 Å². The highest BCUT2D eigenvalue weighted by atomic mass is 79.9. The minimum atomic E-state index is -2.10. The van der Waals surface area contributed by atoms with Gasteiger partial charge in [0.1, 0.15) is 5.60 Å².